The van der Waals surface area contributed by atoms with Crippen LogP contribution in [0.3, 0.4) is 0 Å². The van der Waals surface area contributed by atoms with Crippen LogP contribution in [-0.2, 0) is 14.9 Å². The van der Waals surface area contributed by atoms with Crippen molar-refractivity contribution in [3.05, 3.63) is 34.9 Å². The van der Waals surface area contributed by atoms with Crippen molar-refractivity contribution in [3.8, 4) is 0 Å². The molecular weight excluding hydrogens is 312 g/mol. The summed E-state index contributed by atoms with van der Waals surface area (Å²) in [5, 5.41) is 7.17. The van der Waals surface area contributed by atoms with Crippen LogP contribution in [0.1, 0.15) is 25.3 Å². The molecule has 0 saturated carbocycles. The standard InChI is InChI=1S/C18H25ClN2O2/c1-13(14-10-20-11-14)17(22)21-12-18(5-7-23-8-6-18)15-3-2-4-16(19)9-15/h2-4,9,13-14,20H,5-8,10-12H2,1H3,(H,21,22). The van der Waals surface area contributed by atoms with E-state index < -0.39 is 0 Å². The van der Waals surface area contributed by atoms with Gasteiger partial charge in [0.15, 0.2) is 0 Å². The van der Waals surface area contributed by atoms with Crippen molar-refractivity contribution in [1.82, 2.24) is 10.6 Å². The third kappa shape index (κ3) is 3.70. The molecule has 2 aliphatic rings. The maximum Gasteiger partial charge on any atom is 0.223 e. The fraction of sp³-hybridized carbons (Fsp3) is 0.611. The topological polar surface area (TPSA) is 50.4 Å². The zero-order valence-corrected chi connectivity index (χ0v) is 14.4. The Labute approximate surface area is 142 Å². The van der Waals surface area contributed by atoms with Crippen LogP contribution >= 0.6 is 11.6 Å². The van der Waals surface area contributed by atoms with E-state index in [9.17, 15) is 4.79 Å². The molecule has 1 amide bonds. The third-order valence-corrected chi connectivity index (χ3v) is 5.66. The van der Waals surface area contributed by atoms with Crippen molar-refractivity contribution in [2.24, 2.45) is 11.8 Å². The lowest BCUT2D eigenvalue weighted by Crippen LogP contribution is -2.51. The molecule has 0 radical (unpaired) electrons. The smallest absolute Gasteiger partial charge is 0.223 e. The predicted molar refractivity (Wildman–Crippen MR) is 91.7 cm³/mol. The van der Waals surface area contributed by atoms with Crippen LogP contribution in [-0.4, -0.2) is 38.8 Å². The summed E-state index contributed by atoms with van der Waals surface area (Å²) < 4.78 is 5.54. The highest BCUT2D eigenvalue weighted by molar-refractivity contribution is 6.30. The summed E-state index contributed by atoms with van der Waals surface area (Å²) in [6.45, 7) is 6.02. The van der Waals surface area contributed by atoms with E-state index in [0.717, 1.165) is 44.2 Å². The van der Waals surface area contributed by atoms with Gasteiger partial charge in [-0.1, -0.05) is 30.7 Å². The van der Waals surface area contributed by atoms with Crippen molar-refractivity contribution in [1.29, 1.82) is 0 Å². The Morgan fingerprint density at radius 2 is 2.17 bits per heavy atom. The number of hydrogen-bond donors (Lipinski definition) is 2. The van der Waals surface area contributed by atoms with Crippen LogP contribution in [0.15, 0.2) is 24.3 Å². The number of hydrogen-bond acceptors (Lipinski definition) is 3. The van der Waals surface area contributed by atoms with E-state index in [2.05, 4.69) is 16.7 Å². The van der Waals surface area contributed by atoms with Gasteiger partial charge in [-0.3, -0.25) is 4.79 Å². The second kappa shape index (κ2) is 7.20. The van der Waals surface area contributed by atoms with Gasteiger partial charge in [0.1, 0.15) is 0 Å². The molecule has 0 bridgehead atoms. The van der Waals surface area contributed by atoms with Crippen molar-refractivity contribution >= 4 is 17.5 Å². The van der Waals surface area contributed by atoms with E-state index >= 15 is 0 Å². The van der Waals surface area contributed by atoms with Gasteiger partial charge in [-0.15, -0.1) is 0 Å². The Kier molecular flexibility index (Phi) is 5.24. The summed E-state index contributed by atoms with van der Waals surface area (Å²) in [6, 6.07) is 8.02. The van der Waals surface area contributed by atoms with E-state index in [1.54, 1.807) is 0 Å². The van der Waals surface area contributed by atoms with Crippen LogP contribution in [0.4, 0.5) is 0 Å². The molecule has 2 saturated heterocycles. The number of benzene rings is 1. The first-order valence-corrected chi connectivity index (χ1v) is 8.81. The van der Waals surface area contributed by atoms with E-state index in [-0.39, 0.29) is 17.2 Å². The van der Waals surface area contributed by atoms with E-state index in [1.165, 1.54) is 5.56 Å². The van der Waals surface area contributed by atoms with Crippen LogP contribution in [0, 0.1) is 11.8 Å². The fourth-order valence-corrected chi connectivity index (χ4v) is 3.63. The average Bonchev–Trinajstić information content (AvgIpc) is 2.52. The van der Waals surface area contributed by atoms with Crippen molar-refractivity contribution in [2.75, 3.05) is 32.8 Å². The van der Waals surface area contributed by atoms with Crippen LogP contribution in [0.25, 0.3) is 0 Å². The molecule has 2 N–H and O–H groups in total. The SMILES string of the molecule is CC(C(=O)NCC1(c2cccc(Cl)c2)CCOCC1)C1CNC1. The maximum absolute atomic E-state index is 12.5. The maximum atomic E-state index is 12.5. The Morgan fingerprint density at radius 3 is 2.78 bits per heavy atom. The molecule has 3 rings (SSSR count). The summed E-state index contributed by atoms with van der Waals surface area (Å²) in [4.78, 5) is 12.5. The zero-order chi connectivity index (χ0) is 16.3. The van der Waals surface area contributed by atoms with Crippen molar-refractivity contribution < 1.29 is 9.53 Å². The minimum absolute atomic E-state index is 0.0625. The van der Waals surface area contributed by atoms with Crippen molar-refractivity contribution in [2.45, 2.75) is 25.2 Å². The number of carbonyl (C=O) groups excluding carboxylic acids is 1. The lowest BCUT2D eigenvalue weighted by atomic mass is 9.74. The van der Waals surface area contributed by atoms with Gasteiger partial charge in [-0.05, 0) is 49.5 Å². The normalized spacial score (nSPS) is 22.2. The Bertz CT molecular complexity index is 554. The Balaban J connectivity index is 1.70. The molecule has 5 heteroatoms. The molecule has 2 heterocycles. The minimum Gasteiger partial charge on any atom is -0.381 e. The molecule has 1 atom stereocenters. The van der Waals surface area contributed by atoms with Gasteiger partial charge >= 0.3 is 0 Å². The molecule has 1 aromatic carbocycles. The summed E-state index contributed by atoms with van der Waals surface area (Å²) in [5.41, 5.74) is 1.13. The number of amides is 1. The average molecular weight is 337 g/mol. The molecule has 0 spiro atoms. The summed E-state index contributed by atoms with van der Waals surface area (Å²) in [7, 11) is 0. The Morgan fingerprint density at radius 1 is 1.43 bits per heavy atom. The van der Waals surface area contributed by atoms with Gasteiger partial charge in [0, 0.05) is 36.1 Å². The van der Waals surface area contributed by atoms with E-state index in [4.69, 9.17) is 16.3 Å². The Hall–Kier alpha value is -1.10. The number of halogens is 1. The highest BCUT2D eigenvalue weighted by Crippen LogP contribution is 2.35. The molecule has 0 aromatic heterocycles. The van der Waals surface area contributed by atoms with Gasteiger partial charge in [0.05, 0.1) is 0 Å². The van der Waals surface area contributed by atoms with Gasteiger partial charge in [-0.25, -0.2) is 0 Å². The van der Waals surface area contributed by atoms with Crippen LogP contribution in [0.5, 0.6) is 0 Å². The molecular formula is C18H25ClN2O2. The molecule has 1 unspecified atom stereocenters. The predicted octanol–water partition coefficient (Wildman–Crippen LogP) is 2.36. The van der Waals surface area contributed by atoms with Crippen molar-refractivity contribution in [3.63, 3.8) is 0 Å². The van der Waals surface area contributed by atoms with E-state index in [1.807, 2.05) is 25.1 Å². The monoisotopic (exact) mass is 336 g/mol. The quantitative estimate of drug-likeness (QED) is 0.868. The van der Waals surface area contributed by atoms with Gasteiger partial charge in [0.25, 0.3) is 0 Å². The molecule has 0 aliphatic carbocycles. The van der Waals surface area contributed by atoms with Gasteiger partial charge < -0.3 is 15.4 Å². The van der Waals surface area contributed by atoms with E-state index in [0.29, 0.717) is 12.5 Å². The van der Waals surface area contributed by atoms with Gasteiger partial charge in [0.2, 0.25) is 5.91 Å². The third-order valence-electron chi connectivity index (χ3n) is 5.42. The first-order chi connectivity index (χ1) is 11.1. The van der Waals surface area contributed by atoms with Gasteiger partial charge in [-0.2, -0.15) is 0 Å². The summed E-state index contributed by atoms with van der Waals surface area (Å²) >= 11 is 6.18. The molecule has 2 aliphatic heterocycles. The number of ether oxygens (including phenoxy) is 1. The molecule has 1 aromatic rings. The highest BCUT2D eigenvalue weighted by Gasteiger charge is 2.36. The molecule has 4 nitrogen and oxygen atoms in total. The second-order valence-corrected chi connectivity index (χ2v) is 7.26. The molecule has 126 valence electrons. The fourth-order valence-electron chi connectivity index (χ4n) is 3.44. The summed E-state index contributed by atoms with van der Waals surface area (Å²) in [5.74, 6) is 0.684. The zero-order valence-electron chi connectivity index (χ0n) is 13.6. The van der Waals surface area contributed by atoms with Crippen LogP contribution < -0.4 is 10.6 Å². The van der Waals surface area contributed by atoms with Crippen LogP contribution in [0.2, 0.25) is 5.02 Å². The first kappa shape index (κ1) is 16.7. The number of carbonyl (C=O) groups is 1. The molecule has 2 fully saturated rings. The largest absolute Gasteiger partial charge is 0.381 e. The lowest BCUT2D eigenvalue weighted by Gasteiger charge is -2.39. The summed E-state index contributed by atoms with van der Waals surface area (Å²) in [6.07, 6.45) is 1.82. The lowest BCUT2D eigenvalue weighted by molar-refractivity contribution is -0.127. The molecule has 23 heavy (non-hydrogen) atoms. The number of nitrogens with one attached hydrogen (secondary N) is 2. The minimum atomic E-state index is -0.0730. The number of rotatable bonds is 5. The first-order valence-electron chi connectivity index (χ1n) is 8.43. The highest BCUT2D eigenvalue weighted by atomic mass is 35.5. The second-order valence-electron chi connectivity index (χ2n) is 6.83.